The maximum absolute atomic E-state index is 12.5. The standard InChI is InChI=1S/C23H24N2O5/c1-23(2)18-6-4-5-7-19(18)25(3)20(23)12-16(26)13-30-22(28)15-8-10-17(11-9-15)29-14-21(24)27/h4-12H,13-14H2,1-3H3,(H2,24,27). The van der Waals surface area contributed by atoms with Gasteiger partial charge in [0.2, 0.25) is 0 Å². The van der Waals surface area contributed by atoms with Crippen molar-refractivity contribution in [2.45, 2.75) is 19.3 Å². The zero-order valence-corrected chi connectivity index (χ0v) is 17.2. The van der Waals surface area contributed by atoms with Crippen LogP contribution in [0.4, 0.5) is 5.69 Å². The molecule has 1 heterocycles. The van der Waals surface area contributed by atoms with Gasteiger partial charge in [-0.15, -0.1) is 0 Å². The van der Waals surface area contributed by atoms with Crippen molar-refractivity contribution in [2.75, 3.05) is 25.2 Å². The number of hydrogen-bond acceptors (Lipinski definition) is 6. The summed E-state index contributed by atoms with van der Waals surface area (Å²) < 4.78 is 10.3. The number of carbonyl (C=O) groups excluding carboxylic acids is 3. The zero-order chi connectivity index (χ0) is 21.9. The number of esters is 1. The lowest BCUT2D eigenvalue weighted by Gasteiger charge is -2.23. The summed E-state index contributed by atoms with van der Waals surface area (Å²) >= 11 is 0. The highest BCUT2D eigenvalue weighted by molar-refractivity contribution is 5.96. The number of rotatable bonds is 7. The second-order valence-corrected chi connectivity index (χ2v) is 7.55. The molecule has 0 saturated carbocycles. The van der Waals surface area contributed by atoms with Gasteiger partial charge in [-0.1, -0.05) is 32.0 Å². The van der Waals surface area contributed by atoms with Gasteiger partial charge in [-0.3, -0.25) is 9.59 Å². The van der Waals surface area contributed by atoms with Crippen LogP contribution in [0.25, 0.3) is 0 Å². The summed E-state index contributed by atoms with van der Waals surface area (Å²) in [6.07, 6.45) is 1.54. The van der Waals surface area contributed by atoms with Crippen molar-refractivity contribution in [3.63, 3.8) is 0 Å². The lowest BCUT2D eigenvalue weighted by atomic mass is 9.83. The molecule has 2 N–H and O–H groups in total. The van der Waals surface area contributed by atoms with Gasteiger partial charge in [0.25, 0.3) is 5.91 Å². The Labute approximate surface area is 175 Å². The largest absolute Gasteiger partial charge is 0.484 e. The van der Waals surface area contributed by atoms with Gasteiger partial charge in [0.15, 0.2) is 19.0 Å². The summed E-state index contributed by atoms with van der Waals surface area (Å²) in [5.74, 6) is -1.11. The van der Waals surface area contributed by atoms with E-state index >= 15 is 0 Å². The number of para-hydroxylation sites is 1. The number of likely N-dealkylation sites (N-methyl/N-ethyl adjacent to an activating group) is 1. The van der Waals surface area contributed by atoms with Crippen LogP contribution < -0.4 is 15.4 Å². The number of benzene rings is 2. The number of hydrogen-bond donors (Lipinski definition) is 1. The molecule has 0 aliphatic carbocycles. The zero-order valence-electron chi connectivity index (χ0n) is 17.2. The van der Waals surface area contributed by atoms with Crippen LogP contribution in [0.1, 0.15) is 29.8 Å². The Hall–Kier alpha value is -3.61. The Morgan fingerprint density at radius 3 is 2.33 bits per heavy atom. The van der Waals surface area contributed by atoms with Gasteiger partial charge < -0.3 is 20.1 Å². The number of fused-ring (bicyclic) bond motifs is 1. The normalized spacial score (nSPS) is 15.6. The molecular formula is C23H24N2O5. The van der Waals surface area contributed by atoms with Gasteiger partial charge in [-0.05, 0) is 35.9 Å². The molecule has 1 aliphatic heterocycles. The maximum atomic E-state index is 12.5. The molecule has 1 aliphatic rings. The molecule has 0 spiro atoms. The second kappa shape index (κ2) is 8.41. The number of carbonyl (C=O) groups is 3. The molecule has 30 heavy (non-hydrogen) atoms. The van der Waals surface area contributed by atoms with Crippen molar-refractivity contribution >= 4 is 23.3 Å². The highest BCUT2D eigenvalue weighted by Crippen LogP contribution is 2.46. The number of primary amides is 1. The summed E-state index contributed by atoms with van der Waals surface area (Å²) in [4.78, 5) is 37.4. The maximum Gasteiger partial charge on any atom is 0.338 e. The fourth-order valence-electron chi connectivity index (χ4n) is 3.51. The molecule has 0 radical (unpaired) electrons. The van der Waals surface area contributed by atoms with E-state index in [1.165, 1.54) is 30.3 Å². The van der Waals surface area contributed by atoms with Gasteiger partial charge in [-0.25, -0.2) is 4.79 Å². The third-order valence-corrected chi connectivity index (χ3v) is 5.05. The number of ketones is 1. The Morgan fingerprint density at radius 1 is 1.03 bits per heavy atom. The van der Waals surface area contributed by atoms with Crippen LogP contribution in [-0.4, -0.2) is 37.9 Å². The molecule has 0 atom stereocenters. The molecular weight excluding hydrogens is 384 g/mol. The van der Waals surface area contributed by atoms with E-state index in [-0.39, 0.29) is 30.0 Å². The van der Waals surface area contributed by atoms with Gasteiger partial charge in [0.1, 0.15) is 5.75 Å². The fraction of sp³-hybridized carbons (Fsp3) is 0.261. The molecule has 0 unspecified atom stereocenters. The molecule has 0 fully saturated rings. The first kappa shape index (κ1) is 21.1. The number of allylic oxidation sites excluding steroid dienone is 1. The Balaban J connectivity index is 1.62. The average Bonchev–Trinajstić information content (AvgIpc) is 2.92. The highest BCUT2D eigenvalue weighted by atomic mass is 16.5. The summed E-state index contributed by atoms with van der Waals surface area (Å²) in [6, 6.07) is 14.0. The van der Waals surface area contributed by atoms with Gasteiger partial charge in [0, 0.05) is 29.9 Å². The molecule has 0 aromatic heterocycles. The number of ether oxygens (including phenoxy) is 2. The molecule has 3 rings (SSSR count). The van der Waals surface area contributed by atoms with E-state index in [0.717, 1.165) is 16.9 Å². The van der Waals surface area contributed by atoms with Crippen molar-refractivity contribution in [1.82, 2.24) is 0 Å². The first-order chi connectivity index (χ1) is 14.2. The lowest BCUT2D eigenvalue weighted by Crippen LogP contribution is -2.25. The SMILES string of the molecule is CN1C(=CC(=O)COC(=O)c2ccc(OCC(N)=O)cc2)C(C)(C)c2ccccc21. The Morgan fingerprint density at radius 2 is 1.70 bits per heavy atom. The lowest BCUT2D eigenvalue weighted by molar-refractivity contribution is -0.120. The van der Waals surface area contributed by atoms with E-state index in [1.54, 1.807) is 0 Å². The highest BCUT2D eigenvalue weighted by Gasteiger charge is 2.38. The van der Waals surface area contributed by atoms with E-state index < -0.39 is 11.9 Å². The Kier molecular flexibility index (Phi) is 5.91. The van der Waals surface area contributed by atoms with Crippen LogP contribution in [0.2, 0.25) is 0 Å². The smallest absolute Gasteiger partial charge is 0.338 e. The van der Waals surface area contributed by atoms with Crippen LogP contribution in [0.15, 0.2) is 60.3 Å². The molecule has 1 amide bonds. The number of amides is 1. The van der Waals surface area contributed by atoms with Crippen molar-refractivity contribution in [3.05, 3.63) is 71.4 Å². The first-order valence-corrected chi connectivity index (χ1v) is 9.46. The molecule has 2 aromatic rings. The average molecular weight is 408 g/mol. The minimum Gasteiger partial charge on any atom is -0.484 e. The summed E-state index contributed by atoms with van der Waals surface area (Å²) in [7, 11) is 1.92. The second-order valence-electron chi connectivity index (χ2n) is 7.55. The monoisotopic (exact) mass is 408 g/mol. The van der Waals surface area contributed by atoms with Crippen LogP contribution in [0, 0.1) is 0 Å². The first-order valence-electron chi connectivity index (χ1n) is 9.46. The third-order valence-electron chi connectivity index (χ3n) is 5.05. The molecule has 2 aromatic carbocycles. The number of anilines is 1. The predicted molar refractivity (Wildman–Crippen MR) is 112 cm³/mol. The van der Waals surface area contributed by atoms with E-state index in [2.05, 4.69) is 13.8 Å². The minimum atomic E-state index is -0.620. The topological polar surface area (TPSA) is 98.9 Å². The van der Waals surface area contributed by atoms with Gasteiger partial charge in [-0.2, -0.15) is 0 Å². The summed E-state index contributed by atoms with van der Waals surface area (Å²) in [6.45, 7) is 3.51. The predicted octanol–water partition coefficient (Wildman–Crippen LogP) is 2.59. The quantitative estimate of drug-likeness (QED) is 0.558. The van der Waals surface area contributed by atoms with Crippen LogP contribution >= 0.6 is 0 Å². The third kappa shape index (κ3) is 4.35. The molecule has 7 nitrogen and oxygen atoms in total. The van der Waals surface area contributed by atoms with Crippen molar-refractivity contribution in [2.24, 2.45) is 5.73 Å². The van der Waals surface area contributed by atoms with E-state index in [1.807, 2.05) is 36.2 Å². The molecule has 0 bridgehead atoms. The number of nitrogens with zero attached hydrogens (tertiary/aromatic N) is 1. The van der Waals surface area contributed by atoms with Crippen LogP contribution in [-0.2, 0) is 19.7 Å². The van der Waals surface area contributed by atoms with E-state index in [9.17, 15) is 14.4 Å². The van der Waals surface area contributed by atoms with Gasteiger partial charge in [0.05, 0.1) is 5.56 Å². The van der Waals surface area contributed by atoms with Crippen LogP contribution in [0.5, 0.6) is 5.75 Å². The van der Waals surface area contributed by atoms with Crippen molar-refractivity contribution < 1.29 is 23.9 Å². The summed E-state index contributed by atoms with van der Waals surface area (Å²) in [5, 5.41) is 0. The van der Waals surface area contributed by atoms with Crippen molar-refractivity contribution in [3.8, 4) is 5.75 Å². The van der Waals surface area contributed by atoms with Crippen LogP contribution in [0.3, 0.4) is 0 Å². The fourth-order valence-corrected chi connectivity index (χ4v) is 3.51. The minimum absolute atomic E-state index is 0.248. The molecule has 7 heteroatoms. The number of nitrogens with two attached hydrogens (primary N) is 1. The summed E-state index contributed by atoms with van der Waals surface area (Å²) in [5.41, 5.74) is 8.00. The van der Waals surface area contributed by atoms with Crippen molar-refractivity contribution in [1.29, 1.82) is 0 Å². The van der Waals surface area contributed by atoms with E-state index in [4.69, 9.17) is 15.2 Å². The molecule has 0 saturated heterocycles. The Bertz CT molecular complexity index is 1010. The molecule has 156 valence electrons. The van der Waals surface area contributed by atoms with E-state index in [0.29, 0.717) is 5.75 Å². The van der Waals surface area contributed by atoms with Gasteiger partial charge >= 0.3 is 5.97 Å².